The van der Waals surface area contributed by atoms with Gasteiger partial charge in [0.2, 0.25) is 10.0 Å². The Morgan fingerprint density at radius 1 is 1.10 bits per heavy atom. The Bertz CT molecular complexity index is 508. The second-order valence-electron chi connectivity index (χ2n) is 5.48. The van der Waals surface area contributed by atoms with Crippen molar-refractivity contribution in [3.63, 3.8) is 0 Å². The average molecular weight is 312 g/mol. The number of likely N-dealkylation sites (N-methyl/N-ethyl adjacent to an activating group) is 1. The van der Waals surface area contributed by atoms with Crippen molar-refractivity contribution >= 4 is 10.0 Å². The van der Waals surface area contributed by atoms with Crippen LogP contribution in [0.25, 0.3) is 0 Å². The fourth-order valence-electron chi connectivity index (χ4n) is 2.51. The molecule has 1 aromatic carbocycles. The first-order valence-corrected chi connectivity index (χ1v) is 9.18. The Kier molecular flexibility index (Phi) is 7.35. The first-order chi connectivity index (χ1) is 9.94. The summed E-state index contributed by atoms with van der Waals surface area (Å²) in [5.41, 5.74) is 1.14. The monoisotopic (exact) mass is 312 g/mol. The molecule has 2 N–H and O–H groups in total. The minimum absolute atomic E-state index is 0.0473. The van der Waals surface area contributed by atoms with E-state index in [0.717, 1.165) is 31.4 Å². The zero-order valence-electron chi connectivity index (χ0n) is 13.5. The minimum atomic E-state index is -3.43. The highest BCUT2D eigenvalue weighted by Crippen LogP contribution is 2.17. The van der Waals surface area contributed by atoms with Gasteiger partial charge in [-0.3, -0.25) is 0 Å². The van der Waals surface area contributed by atoms with Crippen molar-refractivity contribution in [2.45, 2.75) is 51.0 Å². The summed E-state index contributed by atoms with van der Waals surface area (Å²) >= 11 is 0. The van der Waals surface area contributed by atoms with Crippen LogP contribution in [0.5, 0.6) is 0 Å². The molecule has 0 saturated carbocycles. The molecule has 0 bridgehead atoms. The van der Waals surface area contributed by atoms with Gasteiger partial charge in [0.05, 0.1) is 4.90 Å². The molecule has 0 heterocycles. The van der Waals surface area contributed by atoms with Crippen LogP contribution in [0.3, 0.4) is 0 Å². The van der Waals surface area contributed by atoms with E-state index in [9.17, 15) is 8.42 Å². The van der Waals surface area contributed by atoms with E-state index < -0.39 is 10.0 Å². The first-order valence-electron chi connectivity index (χ1n) is 7.70. The molecule has 1 rings (SSSR count). The molecule has 120 valence electrons. The molecule has 4 nitrogen and oxygen atoms in total. The molecule has 1 unspecified atom stereocenters. The van der Waals surface area contributed by atoms with Gasteiger partial charge in [0.25, 0.3) is 0 Å². The van der Waals surface area contributed by atoms with Crippen molar-refractivity contribution in [3.8, 4) is 0 Å². The van der Waals surface area contributed by atoms with Crippen molar-refractivity contribution in [2.75, 3.05) is 13.6 Å². The van der Waals surface area contributed by atoms with Crippen LogP contribution in [-0.4, -0.2) is 28.1 Å². The van der Waals surface area contributed by atoms with Gasteiger partial charge in [0.1, 0.15) is 0 Å². The van der Waals surface area contributed by atoms with E-state index in [1.54, 1.807) is 12.1 Å². The van der Waals surface area contributed by atoms with Crippen molar-refractivity contribution in [2.24, 2.45) is 5.92 Å². The number of rotatable bonds is 9. The van der Waals surface area contributed by atoms with Gasteiger partial charge in [0.15, 0.2) is 0 Å². The fraction of sp³-hybridized carbons (Fsp3) is 0.625. The number of benzene rings is 1. The van der Waals surface area contributed by atoms with Gasteiger partial charge in [-0.15, -0.1) is 0 Å². The summed E-state index contributed by atoms with van der Waals surface area (Å²) < 4.78 is 27.6. The first kappa shape index (κ1) is 18.1. The van der Waals surface area contributed by atoms with Gasteiger partial charge in [0, 0.05) is 6.04 Å². The molecule has 0 radical (unpaired) electrons. The quantitative estimate of drug-likeness (QED) is 0.737. The molecule has 0 aliphatic carbocycles. The van der Waals surface area contributed by atoms with E-state index in [2.05, 4.69) is 23.9 Å². The van der Waals surface area contributed by atoms with Crippen LogP contribution in [0.2, 0.25) is 0 Å². The Morgan fingerprint density at radius 3 is 2.14 bits per heavy atom. The van der Waals surface area contributed by atoms with Crippen LogP contribution < -0.4 is 10.0 Å². The normalized spacial score (nSPS) is 13.6. The summed E-state index contributed by atoms with van der Waals surface area (Å²) in [5, 5.41) is 3.08. The predicted molar refractivity (Wildman–Crippen MR) is 87.9 cm³/mol. The standard InChI is InChI=1S/C16H28N2O2S/c1-5-15(6-2)13(3)18-21(19,20)16-9-7-14(8-10-16)11-12-17-4/h7-10,13,15,17-18H,5-6,11-12H2,1-4H3. The van der Waals surface area contributed by atoms with Crippen LogP contribution in [0, 0.1) is 5.92 Å². The van der Waals surface area contributed by atoms with Crippen LogP contribution in [0.15, 0.2) is 29.2 Å². The molecule has 21 heavy (non-hydrogen) atoms. The Hall–Kier alpha value is -0.910. The van der Waals surface area contributed by atoms with Gasteiger partial charge in [-0.25, -0.2) is 13.1 Å². The van der Waals surface area contributed by atoms with Crippen LogP contribution in [0.1, 0.15) is 39.2 Å². The molecular formula is C16H28N2O2S. The third-order valence-electron chi connectivity index (χ3n) is 3.99. The lowest BCUT2D eigenvalue weighted by Crippen LogP contribution is -2.37. The largest absolute Gasteiger partial charge is 0.319 e. The molecule has 1 aromatic rings. The topological polar surface area (TPSA) is 58.2 Å². The summed E-state index contributed by atoms with van der Waals surface area (Å²) in [6.07, 6.45) is 2.85. The SMILES string of the molecule is CCC(CC)C(C)NS(=O)(=O)c1ccc(CCNC)cc1. The van der Waals surface area contributed by atoms with E-state index in [1.165, 1.54) is 0 Å². The van der Waals surface area contributed by atoms with Crippen LogP contribution in [-0.2, 0) is 16.4 Å². The van der Waals surface area contributed by atoms with Gasteiger partial charge in [-0.05, 0) is 50.6 Å². The smallest absolute Gasteiger partial charge is 0.240 e. The second kappa shape index (κ2) is 8.51. The Labute approximate surface area is 129 Å². The molecular weight excluding hydrogens is 284 g/mol. The maximum atomic E-state index is 12.4. The highest BCUT2D eigenvalue weighted by atomic mass is 32.2. The molecule has 5 heteroatoms. The number of sulfonamides is 1. The van der Waals surface area contributed by atoms with E-state index >= 15 is 0 Å². The van der Waals surface area contributed by atoms with Gasteiger partial charge >= 0.3 is 0 Å². The third-order valence-corrected chi connectivity index (χ3v) is 5.57. The van der Waals surface area contributed by atoms with Crippen LogP contribution in [0.4, 0.5) is 0 Å². The summed E-state index contributed by atoms with van der Waals surface area (Å²) in [7, 11) is -1.52. The summed E-state index contributed by atoms with van der Waals surface area (Å²) in [6.45, 7) is 7.01. The second-order valence-corrected chi connectivity index (χ2v) is 7.20. The number of hydrogen-bond acceptors (Lipinski definition) is 3. The van der Waals surface area contributed by atoms with E-state index in [0.29, 0.717) is 10.8 Å². The lowest BCUT2D eigenvalue weighted by atomic mass is 9.96. The van der Waals surface area contributed by atoms with Crippen LogP contribution >= 0.6 is 0 Å². The maximum Gasteiger partial charge on any atom is 0.240 e. The summed E-state index contributed by atoms with van der Waals surface area (Å²) in [5.74, 6) is 0.370. The van der Waals surface area contributed by atoms with E-state index in [4.69, 9.17) is 0 Å². The zero-order chi connectivity index (χ0) is 15.9. The highest BCUT2D eigenvalue weighted by Gasteiger charge is 2.21. The number of nitrogens with one attached hydrogen (secondary N) is 2. The molecule has 0 spiro atoms. The lowest BCUT2D eigenvalue weighted by Gasteiger charge is -2.22. The maximum absolute atomic E-state index is 12.4. The van der Waals surface area contributed by atoms with E-state index in [-0.39, 0.29) is 6.04 Å². The Morgan fingerprint density at radius 2 is 1.67 bits per heavy atom. The zero-order valence-corrected chi connectivity index (χ0v) is 14.3. The third kappa shape index (κ3) is 5.41. The molecule has 0 fully saturated rings. The fourth-order valence-corrected chi connectivity index (χ4v) is 3.82. The molecule has 0 aliphatic rings. The van der Waals surface area contributed by atoms with Crippen molar-refractivity contribution in [1.29, 1.82) is 0 Å². The minimum Gasteiger partial charge on any atom is -0.319 e. The van der Waals surface area contributed by atoms with E-state index in [1.807, 2.05) is 26.1 Å². The molecule has 0 saturated heterocycles. The molecule has 0 aliphatic heterocycles. The van der Waals surface area contributed by atoms with Gasteiger partial charge in [-0.1, -0.05) is 38.8 Å². The average Bonchev–Trinajstić information content (AvgIpc) is 2.46. The van der Waals surface area contributed by atoms with Crippen molar-refractivity contribution < 1.29 is 8.42 Å². The number of hydrogen-bond donors (Lipinski definition) is 2. The molecule has 0 amide bonds. The molecule has 0 aromatic heterocycles. The lowest BCUT2D eigenvalue weighted by molar-refractivity contribution is 0.391. The summed E-state index contributed by atoms with van der Waals surface area (Å²) in [6, 6.07) is 7.09. The molecule has 1 atom stereocenters. The predicted octanol–water partition coefficient (Wildman–Crippen LogP) is 2.55. The highest BCUT2D eigenvalue weighted by molar-refractivity contribution is 7.89. The Balaban J connectivity index is 2.78. The van der Waals surface area contributed by atoms with Crippen molar-refractivity contribution in [1.82, 2.24) is 10.0 Å². The summed E-state index contributed by atoms with van der Waals surface area (Å²) in [4.78, 5) is 0.341. The van der Waals surface area contributed by atoms with Crippen molar-refractivity contribution in [3.05, 3.63) is 29.8 Å². The van der Waals surface area contributed by atoms with Gasteiger partial charge < -0.3 is 5.32 Å². The van der Waals surface area contributed by atoms with Gasteiger partial charge in [-0.2, -0.15) is 0 Å².